The Morgan fingerprint density at radius 3 is 2.74 bits per heavy atom. The van der Waals surface area contributed by atoms with Crippen LogP contribution in [0.3, 0.4) is 0 Å². The van der Waals surface area contributed by atoms with E-state index in [1.54, 1.807) is 7.11 Å². The highest BCUT2D eigenvalue weighted by Crippen LogP contribution is 2.21. The number of hydrogen-bond donors (Lipinski definition) is 2. The van der Waals surface area contributed by atoms with E-state index in [0.717, 1.165) is 0 Å². The minimum absolute atomic E-state index is 0.0112. The third-order valence-corrected chi connectivity index (χ3v) is 2.71. The Morgan fingerprint density at radius 1 is 1.47 bits per heavy atom. The van der Waals surface area contributed by atoms with Gasteiger partial charge in [0.25, 0.3) is 0 Å². The second-order valence-electron chi connectivity index (χ2n) is 4.31. The summed E-state index contributed by atoms with van der Waals surface area (Å²) in [5.74, 6) is -1.33. The van der Waals surface area contributed by atoms with Gasteiger partial charge in [-0.3, -0.25) is 4.79 Å². The first-order chi connectivity index (χ1) is 8.93. The zero-order chi connectivity index (χ0) is 14.4. The number of aromatic carboxylic acids is 1. The molecule has 1 atom stereocenters. The average molecular weight is 286 g/mol. The number of anilines is 1. The van der Waals surface area contributed by atoms with Gasteiger partial charge in [0, 0.05) is 25.2 Å². The summed E-state index contributed by atoms with van der Waals surface area (Å²) in [5.41, 5.74) is 0.215. The normalized spacial score (nSPS) is 11.9. The molecule has 1 rings (SSSR count). The highest BCUT2D eigenvalue weighted by Gasteiger charge is 2.14. The van der Waals surface area contributed by atoms with Gasteiger partial charge >= 0.3 is 5.97 Å². The molecule has 6 heteroatoms. The third kappa shape index (κ3) is 4.89. The van der Waals surface area contributed by atoms with Gasteiger partial charge in [-0.15, -0.1) is 0 Å². The lowest BCUT2D eigenvalue weighted by atomic mass is 10.1. The summed E-state index contributed by atoms with van der Waals surface area (Å²) in [5, 5.41) is 11.9. The number of methoxy groups -OCH3 is 1. The monoisotopic (exact) mass is 285 g/mol. The van der Waals surface area contributed by atoms with E-state index in [1.165, 1.54) is 18.2 Å². The molecule has 1 aromatic carbocycles. The van der Waals surface area contributed by atoms with E-state index in [4.69, 9.17) is 21.4 Å². The van der Waals surface area contributed by atoms with Gasteiger partial charge in [-0.1, -0.05) is 18.5 Å². The van der Waals surface area contributed by atoms with Crippen molar-refractivity contribution in [1.29, 1.82) is 0 Å². The predicted molar refractivity (Wildman–Crippen MR) is 72.7 cm³/mol. The van der Waals surface area contributed by atoms with Crippen molar-refractivity contribution in [3.05, 3.63) is 28.8 Å². The van der Waals surface area contributed by atoms with Crippen molar-refractivity contribution in [3.63, 3.8) is 0 Å². The van der Waals surface area contributed by atoms with Crippen LogP contribution in [0.25, 0.3) is 0 Å². The molecular weight excluding hydrogens is 270 g/mol. The first-order valence-corrected chi connectivity index (χ1v) is 6.13. The van der Waals surface area contributed by atoms with Crippen LogP contribution in [-0.2, 0) is 9.53 Å². The fourth-order valence-electron chi connectivity index (χ4n) is 1.67. The summed E-state index contributed by atoms with van der Waals surface area (Å²) in [7, 11) is 1.56. The van der Waals surface area contributed by atoms with Gasteiger partial charge in [0.1, 0.15) is 0 Å². The van der Waals surface area contributed by atoms with Crippen LogP contribution in [0, 0.1) is 5.92 Å². The fourth-order valence-corrected chi connectivity index (χ4v) is 1.84. The quantitative estimate of drug-likeness (QED) is 0.842. The predicted octanol–water partition coefficient (Wildman–Crippen LogP) is 2.65. The number of carboxylic acid groups (broad SMARTS) is 1. The van der Waals surface area contributed by atoms with Gasteiger partial charge in [-0.2, -0.15) is 0 Å². The molecule has 2 N–H and O–H groups in total. The molecule has 1 aromatic rings. The molecule has 0 aliphatic heterocycles. The van der Waals surface area contributed by atoms with E-state index in [-0.39, 0.29) is 29.5 Å². The lowest BCUT2D eigenvalue weighted by molar-refractivity contribution is -0.117. The van der Waals surface area contributed by atoms with Crippen LogP contribution in [-0.4, -0.2) is 30.7 Å². The van der Waals surface area contributed by atoms with Crippen molar-refractivity contribution >= 4 is 29.2 Å². The molecule has 0 aliphatic carbocycles. The Hall–Kier alpha value is -1.59. The van der Waals surface area contributed by atoms with Gasteiger partial charge < -0.3 is 15.2 Å². The zero-order valence-corrected chi connectivity index (χ0v) is 11.5. The molecule has 0 bridgehead atoms. The molecule has 19 heavy (non-hydrogen) atoms. The molecule has 5 nitrogen and oxygen atoms in total. The average Bonchev–Trinajstić information content (AvgIpc) is 2.28. The number of carboxylic acids is 1. The smallest absolute Gasteiger partial charge is 0.337 e. The maximum atomic E-state index is 11.8. The molecule has 0 radical (unpaired) electrons. The number of nitrogens with one attached hydrogen (secondary N) is 1. The molecule has 0 aliphatic rings. The second-order valence-corrected chi connectivity index (χ2v) is 4.74. The van der Waals surface area contributed by atoms with E-state index in [0.29, 0.717) is 11.6 Å². The highest BCUT2D eigenvalue weighted by atomic mass is 35.5. The number of benzene rings is 1. The molecule has 0 saturated carbocycles. The van der Waals surface area contributed by atoms with Gasteiger partial charge in [0.2, 0.25) is 5.91 Å². The first-order valence-electron chi connectivity index (χ1n) is 5.75. The first kappa shape index (κ1) is 15.5. The Balaban J connectivity index is 2.78. The molecule has 1 amide bonds. The summed E-state index contributed by atoms with van der Waals surface area (Å²) in [6.07, 6.45) is 0.249. The Labute approximate surface area is 116 Å². The van der Waals surface area contributed by atoms with Gasteiger partial charge in [-0.05, 0) is 24.1 Å². The number of amides is 1. The van der Waals surface area contributed by atoms with E-state index < -0.39 is 5.97 Å². The maximum Gasteiger partial charge on any atom is 0.337 e. The van der Waals surface area contributed by atoms with E-state index in [2.05, 4.69) is 5.32 Å². The van der Waals surface area contributed by atoms with Crippen molar-refractivity contribution < 1.29 is 19.4 Å². The molecule has 0 saturated heterocycles. The summed E-state index contributed by atoms with van der Waals surface area (Å²) in [4.78, 5) is 22.8. The number of rotatable bonds is 6. The van der Waals surface area contributed by atoms with Gasteiger partial charge in [-0.25, -0.2) is 4.79 Å². The highest BCUT2D eigenvalue weighted by molar-refractivity contribution is 6.31. The third-order valence-electron chi connectivity index (χ3n) is 2.47. The van der Waals surface area contributed by atoms with Crippen molar-refractivity contribution in [2.75, 3.05) is 19.0 Å². The topological polar surface area (TPSA) is 75.6 Å². The van der Waals surface area contributed by atoms with Crippen LogP contribution in [0.15, 0.2) is 18.2 Å². The number of carbonyl (C=O) groups is 2. The summed E-state index contributed by atoms with van der Waals surface area (Å²) >= 11 is 5.80. The molecule has 0 fully saturated rings. The van der Waals surface area contributed by atoms with Crippen molar-refractivity contribution in [1.82, 2.24) is 0 Å². The molecular formula is C13H16ClNO4. The molecule has 0 heterocycles. The van der Waals surface area contributed by atoms with Crippen LogP contribution >= 0.6 is 11.6 Å². The van der Waals surface area contributed by atoms with Gasteiger partial charge in [0.05, 0.1) is 11.3 Å². The Morgan fingerprint density at radius 2 is 2.16 bits per heavy atom. The van der Waals surface area contributed by atoms with E-state index in [1.807, 2.05) is 6.92 Å². The largest absolute Gasteiger partial charge is 0.478 e. The molecule has 104 valence electrons. The molecule has 1 unspecified atom stereocenters. The van der Waals surface area contributed by atoms with Crippen LogP contribution in [0.5, 0.6) is 0 Å². The van der Waals surface area contributed by atoms with Crippen molar-refractivity contribution in [3.8, 4) is 0 Å². The fraction of sp³-hybridized carbons (Fsp3) is 0.385. The van der Waals surface area contributed by atoms with E-state index in [9.17, 15) is 9.59 Å². The summed E-state index contributed by atoms with van der Waals surface area (Å²) in [6.45, 7) is 2.34. The number of ether oxygens (including phenoxy) is 1. The number of hydrogen-bond acceptors (Lipinski definition) is 3. The maximum absolute atomic E-state index is 11.8. The van der Waals surface area contributed by atoms with Crippen LogP contribution in [0.2, 0.25) is 5.02 Å². The minimum atomic E-state index is -1.11. The van der Waals surface area contributed by atoms with Crippen molar-refractivity contribution in [2.45, 2.75) is 13.3 Å². The number of carbonyl (C=O) groups excluding carboxylic acids is 1. The minimum Gasteiger partial charge on any atom is -0.478 e. The van der Waals surface area contributed by atoms with Crippen molar-refractivity contribution in [2.24, 2.45) is 5.92 Å². The lowest BCUT2D eigenvalue weighted by Crippen LogP contribution is -2.19. The number of halogens is 1. The molecule has 0 aromatic heterocycles. The molecule has 0 spiro atoms. The van der Waals surface area contributed by atoms with Crippen LogP contribution in [0.4, 0.5) is 5.69 Å². The van der Waals surface area contributed by atoms with Crippen LogP contribution in [0.1, 0.15) is 23.7 Å². The summed E-state index contributed by atoms with van der Waals surface area (Å²) in [6, 6.07) is 4.25. The Bertz CT molecular complexity index is 476. The Kier molecular flexibility index (Phi) is 5.79. The second kappa shape index (κ2) is 7.11. The standard InChI is InChI=1S/C13H16ClNO4/c1-8(7-19-2)5-12(16)15-11-6-9(14)3-4-10(11)13(17)18/h3-4,6,8H,5,7H2,1-2H3,(H,15,16)(H,17,18). The summed E-state index contributed by atoms with van der Waals surface area (Å²) < 4.78 is 4.94. The van der Waals surface area contributed by atoms with Crippen LogP contribution < -0.4 is 5.32 Å². The zero-order valence-electron chi connectivity index (χ0n) is 10.8. The lowest BCUT2D eigenvalue weighted by Gasteiger charge is -2.12. The SMILES string of the molecule is COCC(C)CC(=O)Nc1cc(Cl)ccc1C(=O)O. The van der Waals surface area contributed by atoms with E-state index >= 15 is 0 Å². The van der Waals surface area contributed by atoms with Gasteiger partial charge in [0.15, 0.2) is 0 Å².